The van der Waals surface area contributed by atoms with Crippen LogP contribution in [0.3, 0.4) is 0 Å². The molecule has 1 aromatic carbocycles. The monoisotopic (exact) mass is 271 g/mol. The van der Waals surface area contributed by atoms with Crippen molar-refractivity contribution in [3.63, 3.8) is 0 Å². The average Bonchev–Trinajstić information content (AvgIpc) is 2.61. The van der Waals surface area contributed by atoms with Gasteiger partial charge in [-0.3, -0.25) is 5.32 Å². The minimum absolute atomic E-state index is 0.154. The zero-order valence-electron chi connectivity index (χ0n) is 11.3. The van der Waals surface area contributed by atoms with Gasteiger partial charge in [-0.05, 0) is 54.7 Å². The van der Waals surface area contributed by atoms with Crippen molar-refractivity contribution in [1.29, 1.82) is 0 Å². The normalized spacial score (nSPS) is 28.9. The van der Waals surface area contributed by atoms with Crippen molar-refractivity contribution >= 4 is 11.6 Å². The highest BCUT2D eigenvalue weighted by Gasteiger charge is 2.45. The Kier molecular flexibility index (Phi) is 2.92. The molecule has 2 heterocycles. The molecule has 3 rings (SSSR count). The van der Waals surface area contributed by atoms with Gasteiger partial charge < -0.3 is 0 Å². The lowest BCUT2D eigenvalue weighted by Crippen LogP contribution is -2.46. The summed E-state index contributed by atoms with van der Waals surface area (Å²) in [5.74, 6) is 0. The summed E-state index contributed by atoms with van der Waals surface area (Å²) in [6, 6.07) is 6.60. The summed E-state index contributed by atoms with van der Waals surface area (Å²) in [6.45, 7) is 8.28. The van der Waals surface area contributed by atoms with Crippen LogP contribution in [0.4, 0.5) is 0 Å². The molecule has 98 valence electrons. The van der Waals surface area contributed by atoms with Gasteiger partial charge in [0.05, 0.1) is 5.54 Å². The zero-order valence-corrected chi connectivity index (χ0v) is 12.1. The van der Waals surface area contributed by atoms with E-state index in [1.165, 1.54) is 22.3 Å². The molecule has 0 radical (unpaired) electrons. The molecule has 2 aliphatic rings. The lowest BCUT2D eigenvalue weighted by molar-refractivity contribution is 0.404. The first kappa shape index (κ1) is 12.7. The molecule has 0 aliphatic carbocycles. The number of allylic oxidation sites excluding steroid dienone is 1. The Balaban J connectivity index is 2.26. The van der Waals surface area contributed by atoms with Crippen molar-refractivity contribution < 1.29 is 0 Å². The minimum atomic E-state index is -0.154. The Bertz CT molecular complexity index is 612. The number of halogens is 1. The fraction of sp³-hybridized carbons (Fsp3) is 0.294. The van der Waals surface area contributed by atoms with Crippen LogP contribution in [0.2, 0.25) is 5.02 Å². The fourth-order valence-electron chi connectivity index (χ4n) is 3.46. The summed E-state index contributed by atoms with van der Waals surface area (Å²) in [7, 11) is 0. The first-order valence-electron chi connectivity index (χ1n) is 6.66. The molecule has 0 spiro atoms. The summed E-state index contributed by atoms with van der Waals surface area (Å²) in [5, 5.41) is 4.53. The van der Waals surface area contributed by atoms with Crippen molar-refractivity contribution in [3.05, 3.63) is 70.3 Å². The second-order valence-electron chi connectivity index (χ2n) is 5.40. The van der Waals surface area contributed by atoms with Crippen LogP contribution >= 0.6 is 11.6 Å². The van der Waals surface area contributed by atoms with Gasteiger partial charge in [-0.1, -0.05) is 42.5 Å². The number of benzene rings is 1. The summed E-state index contributed by atoms with van der Waals surface area (Å²) in [4.78, 5) is 0. The number of hydrogen-bond donors (Lipinski definition) is 1. The van der Waals surface area contributed by atoms with Gasteiger partial charge in [-0.2, -0.15) is 0 Å². The van der Waals surface area contributed by atoms with Gasteiger partial charge in [0.1, 0.15) is 0 Å². The molecule has 2 heteroatoms. The standard InChI is InChI=1S/C17H18ClN/c1-4-6-14-13(5-2)16-9-11-7-8-12(18)10-15(11)17(14,3)19-16/h4-8,10,16,19H,2,9H2,1,3H3/b6-4-. The van der Waals surface area contributed by atoms with Crippen molar-refractivity contribution in [2.75, 3.05) is 0 Å². The molecule has 1 nitrogen and oxygen atoms in total. The van der Waals surface area contributed by atoms with E-state index in [1.807, 2.05) is 12.1 Å². The van der Waals surface area contributed by atoms with Gasteiger partial charge in [0.15, 0.2) is 0 Å². The van der Waals surface area contributed by atoms with E-state index in [1.54, 1.807) is 0 Å². The van der Waals surface area contributed by atoms with Gasteiger partial charge in [0.2, 0.25) is 0 Å². The van der Waals surface area contributed by atoms with Crippen molar-refractivity contribution in [3.8, 4) is 0 Å². The van der Waals surface area contributed by atoms with Crippen molar-refractivity contribution in [1.82, 2.24) is 5.32 Å². The molecule has 0 saturated heterocycles. The van der Waals surface area contributed by atoms with Crippen molar-refractivity contribution in [2.45, 2.75) is 31.8 Å². The third-order valence-electron chi connectivity index (χ3n) is 4.28. The molecule has 1 aromatic rings. The average molecular weight is 272 g/mol. The summed E-state index contributed by atoms with van der Waals surface area (Å²) in [5.41, 5.74) is 5.15. The Hall–Kier alpha value is -1.31. The number of rotatable bonds is 2. The molecule has 0 fully saturated rings. The maximum Gasteiger partial charge on any atom is 0.0673 e. The summed E-state index contributed by atoms with van der Waals surface area (Å²) < 4.78 is 0. The lowest BCUT2D eigenvalue weighted by Gasteiger charge is -2.36. The van der Waals surface area contributed by atoms with E-state index in [-0.39, 0.29) is 5.54 Å². The van der Waals surface area contributed by atoms with E-state index in [9.17, 15) is 0 Å². The number of fused-ring (bicyclic) bond motifs is 4. The molecular formula is C17H18ClN. The predicted molar refractivity (Wildman–Crippen MR) is 81.5 cm³/mol. The molecule has 2 aliphatic heterocycles. The maximum absolute atomic E-state index is 6.19. The number of nitrogens with one attached hydrogen (secondary N) is 1. The van der Waals surface area contributed by atoms with Gasteiger partial charge in [-0.25, -0.2) is 0 Å². The van der Waals surface area contributed by atoms with Crippen LogP contribution < -0.4 is 5.32 Å². The van der Waals surface area contributed by atoms with E-state index in [4.69, 9.17) is 11.6 Å². The molecule has 0 amide bonds. The maximum atomic E-state index is 6.19. The molecular weight excluding hydrogens is 254 g/mol. The molecule has 19 heavy (non-hydrogen) atoms. The summed E-state index contributed by atoms with van der Waals surface area (Å²) in [6.07, 6.45) is 7.28. The Morgan fingerprint density at radius 1 is 1.47 bits per heavy atom. The highest BCUT2D eigenvalue weighted by molar-refractivity contribution is 6.30. The van der Waals surface area contributed by atoms with Crippen LogP contribution in [-0.4, -0.2) is 6.04 Å². The molecule has 0 aromatic heterocycles. The van der Waals surface area contributed by atoms with Crippen LogP contribution in [-0.2, 0) is 12.0 Å². The zero-order chi connectivity index (χ0) is 13.6. The van der Waals surface area contributed by atoms with Gasteiger partial charge >= 0.3 is 0 Å². The fourth-order valence-corrected chi connectivity index (χ4v) is 3.63. The molecule has 2 atom stereocenters. The van der Waals surface area contributed by atoms with Gasteiger partial charge in [-0.15, -0.1) is 0 Å². The van der Waals surface area contributed by atoms with E-state index < -0.39 is 0 Å². The third kappa shape index (κ3) is 1.73. The van der Waals surface area contributed by atoms with Crippen LogP contribution in [0, 0.1) is 0 Å². The second kappa shape index (κ2) is 4.36. The van der Waals surface area contributed by atoms with Crippen LogP contribution in [0.5, 0.6) is 0 Å². The van der Waals surface area contributed by atoms with E-state index in [0.717, 1.165) is 11.4 Å². The van der Waals surface area contributed by atoms with E-state index in [2.05, 4.69) is 50.0 Å². The first-order chi connectivity index (χ1) is 9.10. The Morgan fingerprint density at radius 3 is 2.95 bits per heavy atom. The Morgan fingerprint density at radius 2 is 2.26 bits per heavy atom. The van der Waals surface area contributed by atoms with Gasteiger partial charge in [0, 0.05) is 11.1 Å². The predicted octanol–water partition coefficient (Wildman–Crippen LogP) is 4.14. The molecule has 2 bridgehead atoms. The van der Waals surface area contributed by atoms with Crippen LogP contribution in [0.25, 0.3) is 0 Å². The van der Waals surface area contributed by atoms with Crippen LogP contribution in [0.15, 0.2) is 54.2 Å². The largest absolute Gasteiger partial charge is 0.297 e. The minimum Gasteiger partial charge on any atom is -0.297 e. The van der Waals surface area contributed by atoms with E-state index in [0.29, 0.717) is 6.04 Å². The van der Waals surface area contributed by atoms with Gasteiger partial charge in [0.25, 0.3) is 0 Å². The molecule has 0 saturated carbocycles. The molecule has 2 unspecified atom stereocenters. The SMILES string of the molecule is C=CC1=C(/C=C\C)C2(C)NC1Cc1ccc(Cl)cc12. The van der Waals surface area contributed by atoms with Crippen LogP contribution in [0.1, 0.15) is 25.0 Å². The van der Waals surface area contributed by atoms with Crippen molar-refractivity contribution in [2.24, 2.45) is 0 Å². The quantitative estimate of drug-likeness (QED) is 0.852. The topological polar surface area (TPSA) is 12.0 Å². The second-order valence-corrected chi connectivity index (χ2v) is 5.84. The third-order valence-corrected chi connectivity index (χ3v) is 4.51. The first-order valence-corrected chi connectivity index (χ1v) is 7.04. The smallest absolute Gasteiger partial charge is 0.0673 e. The Labute approximate surface area is 119 Å². The lowest BCUT2D eigenvalue weighted by atomic mass is 9.81. The highest BCUT2D eigenvalue weighted by Crippen LogP contribution is 2.46. The molecule has 1 N–H and O–H groups in total. The van der Waals surface area contributed by atoms with E-state index >= 15 is 0 Å². The number of hydrogen-bond acceptors (Lipinski definition) is 1. The highest BCUT2D eigenvalue weighted by atomic mass is 35.5. The summed E-state index contributed by atoms with van der Waals surface area (Å²) >= 11 is 6.19.